The average Bonchev–Trinajstić information content (AvgIpc) is 3.48. The van der Waals surface area contributed by atoms with Crippen LogP contribution in [-0.4, -0.2) is 66.3 Å². The highest BCUT2D eigenvalue weighted by Gasteiger charge is 2.30. The van der Waals surface area contributed by atoms with Crippen molar-refractivity contribution >= 4 is 22.5 Å². The first-order valence-electron chi connectivity index (χ1n) is 10.8. The summed E-state index contributed by atoms with van der Waals surface area (Å²) in [6.45, 7) is 4.46. The van der Waals surface area contributed by atoms with Crippen LogP contribution in [0.4, 0.5) is 5.69 Å². The lowest BCUT2D eigenvalue weighted by atomic mass is 10.1. The van der Waals surface area contributed by atoms with Crippen LogP contribution in [0.1, 0.15) is 32.1 Å². The molecule has 154 valence electrons. The van der Waals surface area contributed by atoms with E-state index in [0.29, 0.717) is 19.1 Å². The van der Waals surface area contributed by atoms with Crippen LogP contribution >= 0.6 is 0 Å². The molecule has 1 aliphatic carbocycles. The number of carbonyl (C=O) groups excluding carboxylic acids is 1. The summed E-state index contributed by atoms with van der Waals surface area (Å²) in [5.74, 6) is 0.995. The van der Waals surface area contributed by atoms with Crippen LogP contribution in [0.25, 0.3) is 10.9 Å². The number of rotatable bonds is 4. The first-order valence-corrected chi connectivity index (χ1v) is 10.8. The van der Waals surface area contributed by atoms with Gasteiger partial charge in [-0.05, 0) is 50.3 Å². The molecule has 29 heavy (non-hydrogen) atoms. The second-order valence-corrected chi connectivity index (χ2v) is 8.28. The number of aromatic nitrogens is 2. The molecular formula is C22H28N4O3. The molecule has 2 aromatic rings. The molecule has 7 nitrogen and oxygen atoms in total. The van der Waals surface area contributed by atoms with Crippen molar-refractivity contribution in [1.82, 2.24) is 14.9 Å². The van der Waals surface area contributed by atoms with Crippen molar-refractivity contribution in [3.05, 3.63) is 24.5 Å². The Labute approximate surface area is 171 Å². The topological polar surface area (TPSA) is 67.8 Å². The molecule has 3 heterocycles. The van der Waals surface area contributed by atoms with Gasteiger partial charge in [-0.3, -0.25) is 4.79 Å². The molecule has 1 aromatic carbocycles. The van der Waals surface area contributed by atoms with Crippen molar-refractivity contribution < 1.29 is 14.3 Å². The molecule has 0 radical (unpaired) electrons. The third-order valence-corrected chi connectivity index (χ3v) is 6.40. The maximum absolute atomic E-state index is 12.6. The van der Waals surface area contributed by atoms with Gasteiger partial charge in [-0.25, -0.2) is 9.97 Å². The van der Waals surface area contributed by atoms with Gasteiger partial charge < -0.3 is 19.3 Å². The van der Waals surface area contributed by atoms with Crippen LogP contribution < -0.4 is 9.64 Å². The highest BCUT2D eigenvalue weighted by Crippen LogP contribution is 2.30. The molecule has 1 amide bonds. The SMILES string of the molecule is O=C(C1CCOC1)N1CCN(c2ccc3ncnc(OC4CCCC4)c3c2)CC1. The Morgan fingerprint density at radius 3 is 2.66 bits per heavy atom. The molecular weight excluding hydrogens is 368 g/mol. The van der Waals surface area contributed by atoms with Crippen molar-refractivity contribution in [2.75, 3.05) is 44.3 Å². The summed E-state index contributed by atoms with van der Waals surface area (Å²) in [4.78, 5) is 25.8. The van der Waals surface area contributed by atoms with E-state index in [-0.39, 0.29) is 17.9 Å². The van der Waals surface area contributed by atoms with Crippen LogP contribution in [0, 0.1) is 5.92 Å². The van der Waals surface area contributed by atoms with Crippen LogP contribution in [-0.2, 0) is 9.53 Å². The van der Waals surface area contributed by atoms with Crippen LogP contribution in [0.5, 0.6) is 5.88 Å². The largest absolute Gasteiger partial charge is 0.474 e. The van der Waals surface area contributed by atoms with E-state index in [1.165, 1.54) is 12.8 Å². The van der Waals surface area contributed by atoms with E-state index in [1.807, 2.05) is 11.0 Å². The monoisotopic (exact) mass is 396 g/mol. The van der Waals surface area contributed by atoms with Crippen molar-refractivity contribution in [2.24, 2.45) is 5.92 Å². The summed E-state index contributed by atoms with van der Waals surface area (Å²) in [7, 11) is 0. The first-order chi connectivity index (χ1) is 14.3. The Balaban J connectivity index is 1.29. The molecule has 0 bridgehead atoms. The molecule has 3 fully saturated rings. The third kappa shape index (κ3) is 3.88. The van der Waals surface area contributed by atoms with Crippen molar-refractivity contribution in [1.29, 1.82) is 0 Å². The number of hydrogen-bond donors (Lipinski definition) is 0. The second-order valence-electron chi connectivity index (χ2n) is 8.28. The average molecular weight is 396 g/mol. The summed E-state index contributed by atoms with van der Waals surface area (Å²) >= 11 is 0. The second kappa shape index (κ2) is 8.14. The van der Waals surface area contributed by atoms with Gasteiger partial charge >= 0.3 is 0 Å². The molecule has 0 N–H and O–H groups in total. The van der Waals surface area contributed by atoms with E-state index in [9.17, 15) is 4.79 Å². The van der Waals surface area contributed by atoms with Crippen LogP contribution in [0.15, 0.2) is 24.5 Å². The zero-order valence-corrected chi connectivity index (χ0v) is 16.8. The van der Waals surface area contributed by atoms with Crippen molar-refractivity contribution in [2.45, 2.75) is 38.2 Å². The van der Waals surface area contributed by atoms with Crippen molar-refractivity contribution in [3.8, 4) is 5.88 Å². The standard InChI is InChI=1S/C22H28N4O3/c27-22(16-7-12-28-14-16)26-10-8-25(9-11-26)17-5-6-20-19(13-17)21(24-15-23-20)29-18-3-1-2-4-18/h5-6,13,15-16,18H,1-4,7-12,14H2. The molecule has 1 aromatic heterocycles. The normalized spacial score (nSPS) is 23.1. The lowest BCUT2D eigenvalue weighted by Crippen LogP contribution is -2.50. The Hall–Kier alpha value is -2.41. The minimum Gasteiger partial charge on any atom is -0.474 e. The summed E-state index contributed by atoms with van der Waals surface area (Å²) in [5.41, 5.74) is 2.05. The minimum absolute atomic E-state index is 0.0506. The van der Waals surface area contributed by atoms with Gasteiger partial charge in [-0.2, -0.15) is 0 Å². The Kier molecular flexibility index (Phi) is 5.23. The number of carbonyl (C=O) groups is 1. The van der Waals surface area contributed by atoms with E-state index < -0.39 is 0 Å². The van der Waals surface area contributed by atoms with E-state index in [4.69, 9.17) is 9.47 Å². The molecule has 2 aliphatic heterocycles. The fourth-order valence-corrected chi connectivity index (χ4v) is 4.65. The molecule has 1 unspecified atom stereocenters. The summed E-state index contributed by atoms with van der Waals surface area (Å²) < 4.78 is 11.6. The highest BCUT2D eigenvalue weighted by molar-refractivity contribution is 5.87. The van der Waals surface area contributed by atoms with Gasteiger partial charge in [0.1, 0.15) is 12.4 Å². The summed E-state index contributed by atoms with van der Waals surface area (Å²) in [6, 6.07) is 6.29. The molecule has 3 aliphatic rings. The minimum atomic E-state index is 0.0506. The number of ether oxygens (including phenoxy) is 2. The van der Waals surface area contributed by atoms with E-state index >= 15 is 0 Å². The van der Waals surface area contributed by atoms with Crippen LogP contribution in [0.2, 0.25) is 0 Å². The van der Waals surface area contributed by atoms with Gasteiger partial charge in [-0.1, -0.05) is 0 Å². The van der Waals surface area contributed by atoms with Gasteiger partial charge in [0.2, 0.25) is 11.8 Å². The predicted molar refractivity (Wildman–Crippen MR) is 110 cm³/mol. The summed E-state index contributed by atoms with van der Waals surface area (Å²) in [6.07, 6.45) is 7.38. The fraction of sp³-hybridized carbons (Fsp3) is 0.591. The Morgan fingerprint density at radius 2 is 1.90 bits per heavy atom. The van der Waals surface area contributed by atoms with Crippen molar-refractivity contribution in [3.63, 3.8) is 0 Å². The number of anilines is 1. The zero-order chi connectivity index (χ0) is 19.6. The van der Waals surface area contributed by atoms with Gasteiger partial charge in [0.15, 0.2) is 0 Å². The van der Waals surface area contributed by atoms with E-state index in [1.54, 1.807) is 6.33 Å². The maximum atomic E-state index is 12.6. The fourth-order valence-electron chi connectivity index (χ4n) is 4.65. The molecule has 0 spiro atoms. The zero-order valence-electron chi connectivity index (χ0n) is 16.8. The van der Waals surface area contributed by atoms with Crippen LogP contribution in [0.3, 0.4) is 0 Å². The quantitative estimate of drug-likeness (QED) is 0.792. The lowest BCUT2D eigenvalue weighted by Gasteiger charge is -2.37. The first kappa shape index (κ1) is 18.6. The van der Waals surface area contributed by atoms with Gasteiger partial charge in [0, 0.05) is 38.5 Å². The Morgan fingerprint density at radius 1 is 1.07 bits per heavy atom. The lowest BCUT2D eigenvalue weighted by molar-refractivity contribution is -0.135. The molecule has 5 rings (SSSR count). The molecule has 1 saturated carbocycles. The number of benzene rings is 1. The molecule has 1 atom stereocenters. The smallest absolute Gasteiger partial charge is 0.228 e. The van der Waals surface area contributed by atoms with Gasteiger partial charge in [0.25, 0.3) is 0 Å². The number of nitrogens with zero attached hydrogens (tertiary/aromatic N) is 4. The molecule has 2 saturated heterocycles. The van der Waals surface area contributed by atoms with Gasteiger partial charge in [-0.15, -0.1) is 0 Å². The van der Waals surface area contributed by atoms with E-state index in [0.717, 1.165) is 62.0 Å². The maximum Gasteiger partial charge on any atom is 0.228 e. The van der Waals surface area contributed by atoms with Gasteiger partial charge in [0.05, 0.1) is 23.4 Å². The third-order valence-electron chi connectivity index (χ3n) is 6.40. The number of piperazine rings is 1. The van der Waals surface area contributed by atoms with E-state index in [2.05, 4.69) is 27.0 Å². The number of amides is 1. The highest BCUT2D eigenvalue weighted by atomic mass is 16.5. The Bertz CT molecular complexity index is 869. The summed E-state index contributed by atoms with van der Waals surface area (Å²) in [5, 5.41) is 0.971. The molecule has 7 heteroatoms. The predicted octanol–water partition coefficient (Wildman–Crippen LogP) is 2.64. The number of hydrogen-bond acceptors (Lipinski definition) is 6. The number of fused-ring (bicyclic) bond motifs is 1.